The van der Waals surface area contributed by atoms with Crippen molar-refractivity contribution in [3.63, 3.8) is 0 Å². The Balaban J connectivity index is 1.59. The number of carboxylic acids is 1. The topological polar surface area (TPSA) is 88.3 Å². The summed E-state index contributed by atoms with van der Waals surface area (Å²) in [6, 6.07) is 7.17. The lowest BCUT2D eigenvalue weighted by Crippen LogP contribution is -2.37. The molecular formula is C17H18N4O3. The summed E-state index contributed by atoms with van der Waals surface area (Å²) in [6.45, 7) is 0.831. The lowest BCUT2D eigenvalue weighted by atomic mass is 9.81. The number of likely N-dealkylation sites (tertiary alicyclic amines) is 1. The van der Waals surface area contributed by atoms with Crippen LogP contribution in [0.1, 0.15) is 29.6 Å². The Morgan fingerprint density at radius 3 is 2.92 bits per heavy atom. The largest absolute Gasteiger partial charge is 0.481 e. The molecule has 124 valence electrons. The Morgan fingerprint density at radius 2 is 2.21 bits per heavy atom. The average molecular weight is 326 g/mol. The van der Waals surface area contributed by atoms with E-state index in [-0.39, 0.29) is 11.8 Å². The molecule has 1 aliphatic heterocycles. The van der Waals surface area contributed by atoms with Gasteiger partial charge < -0.3 is 10.0 Å². The molecule has 1 amide bonds. The van der Waals surface area contributed by atoms with Crippen molar-refractivity contribution >= 4 is 11.9 Å². The van der Waals surface area contributed by atoms with Gasteiger partial charge >= 0.3 is 5.97 Å². The highest BCUT2D eigenvalue weighted by atomic mass is 16.4. The lowest BCUT2D eigenvalue weighted by molar-refractivity contribution is -0.149. The molecule has 1 N–H and O–H groups in total. The molecule has 0 radical (unpaired) electrons. The highest BCUT2D eigenvalue weighted by Gasteiger charge is 2.55. The molecule has 2 atom stereocenters. The van der Waals surface area contributed by atoms with Gasteiger partial charge in [-0.1, -0.05) is 12.5 Å². The molecule has 1 aromatic heterocycles. The zero-order chi connectivity index (χ0) is 16.7. The summed E-state index contributed by atoms with van der Waals surface area (Å²) in [5.41, 5.74) is 0.549. The van der Waals surface area contributed by atoms with Gasteiger partial charge in [0, 0.05) is 18.7 Å². The van der Waals surface area contributed by atoms with Crippen LogP contribution in [0.3, 0.4) is 0 Å². The highest BCUT2D eigenvalue weighted by molar-refractivity contribution is 5.95. The number of hydrogen-bond donors (Lipinski definition) is 1. The van der Waals surface area contributed by atoms with E-state index in [1.807, 2.05) is 6.07 Å². The number of hydrogen-bond acceptors (Lipinski definition) is 4. The fourth-order valence-corrected chi connectivity index (χ4v) is 4.10. The molecule has 1 aromatic carbocycles. The van der Waals surface area contributed by atoms with E-state index < -0.39 is 11.4 Å². The average Bonchev–Trinajstić information content (AvgIpc) is 3.29. The Labute approximate surface area is 138 Å². The van der Waals surface area contributed by atoms with Crippen molar-refractivity contribution in [2.45, 2.75) is 19.3 Å². The van der Waals surface area contributed by atoms with E-state index >= 15 is 0 Å². The number of fused-ring (bicyclic) bond motifs is 1. The summed E-state index contributed by atoms with van der Waals surface area (Å²) in [5, 5.41) is 13.7. The number of carbonyl (C=O) groups is 2. The summed E-state index contributed by atoms with van der Waals surface area (Å²) in [5.74, 6) is -0.818. The summed E-state index contributed by atoms with van der Waals surface area (Å²) < 4.78 is 1.59. The minimum Gasteiger partial charge on any atom is -0.481 e. The molecule has 7 nitrogen and oxygen atoms in total. The summed E-state index contributed by atoms with van der Waals surface area (Å²) >= 11 is 0. The molecule has 0 bridgehead atoms. The molecule has 7 heteroatoms. The Hall–Kier alpha value is -2.70. The van der Waals surface area contributed by atoms with E-state index in [9.17, 15) is 14.7 Å². The van der Waals surface area contributed by atoms with Crippen LogP contribution in [0.15, 0.2) is 36.9 Å². The van der Waals surface area contributed by atoms with Gasteiger partial charge in [-0.2, -0.15) is 5.10 Å². The number of rotatable bonds is 3. The first kappa shape index (κ1) is 14.9. The predicted octanol–water partition coefficient (Wildman–Crippen LogP) is 1.59. The SMILES string of the molecule is O=C(c1cccc(-n2cncn2)c1)N1C[C@@H]2CCC[C@@]2(C(=O)O)C1. The van der Waals surface area contributed by atoms with Crippen LogP contribution in [0.2, 0.25) is 0 Å². The smallest absolute Gasteiger partial charge is 0.311 e. The van der Waals surface area contributed by atoms with Crippen molar-refractivity contribution < 1.29 is 14.7 Å². The van der Waals surface area contributed by atoms with Gasteiger partial charge in [-0.25, -0.2) is 9.67 Å². The summed E-state index contributed by atoms with van der Waals surface area (Å²) in [4.78, 5) is 30.2. The van der Waals surface area contributed by atoms with E-state index in [1.165, 1.54) is 6.33 Å². The Kier molecular flexibility index (Phi) is 3.37. The van der Waals surface area contributed by atoms with Crippen LogP contribution in [0.5, 0.6) is 0 Å². The van der Waals surface area contributed by atoms with Gasteiger partial charge in [-0.05, 0) is 37.0 Å². The van der Waals surface area contributed by atoms with Crippen LogP contribution in [0.4, 0.5) is 0 Å². The summed E-state index contributed by atoms with van der Waals surface area (Å²) in [6.07, 6.45) is 5.49. The summed E-state index contributed by atoms with van der Waals surface area (Å²) in [7, 11) is 0. The Bertz CT molecular complexity index is 789. The molecule has 24 heavy (non-hydrogen) atoms. The third kappa shape index (κ3) is 2.19. The number of benzene rings is 1. The molecule has 4 rings (SSSR count). The van der Waals surface area contributed by atoms with Crippen molar-refractivity contribution in [3.8, 4) is 5.69 Å². The van der Waals surface area contributed by atoms with Crippen LogP contribution in [0.25, 0.3) is 5.69 Å². The highest BCUT2D eigenvalue weighted by Crippen LogP contribution is 2.49. The van der Waals surface area contributed by atoms with E-state index in [2.05, 4.69) is 10.1 Å². The number of aromatic nitrogens is 3. The van der Waals surface area contributed by atoms with Gasteiger partial charge in [0.15, 0.2) is 0 Å². The fourth-order valence-electron chi connectivity index (χ4n) is 4.10. The van der Waals surface area contributed by atoms with Crippen molar-refractivity contribution in [3.05, 3.63) is 42.5 Å². The first-order chi connectivity index (χ1) is 11.6. The van der Waals surface area contributed by atoms with Gasteiger partial charge in [-0.15, -0.1) is 0 Å². The molecule has 0 unspecified atom stereocenters. The minimum absolute atomic E-state index is 0.0671. The fraction of sp³-hybridized carbons (Fsp3) is 0.412. The van der Waals surface area contributed by atoms with Gasteiger partial charge in [-0.3, -0.25) is 9.59 Å². The molecule has 0 spiro atoms. The third-order valence-corrected chi connectivity index (χ3v) is 5.36. The van der Waals surface area contributed by atoms with Crippen molar-refractivity contribution in [1.29, 1.82) is 0 Å². The lowest BCUT2D eigenvalue weighted by Gasteiger charge is -2.23. The molecule has 2 aromatic rings. The normalized spacial score (nSPS) is 25.7. The minimum atomic E-state index is -0.767. The first-order valence-corrected chi connectivity index (χ1v) is 8.08. The van der Waals surface area contributed by atoms with E-state index in [0.717, 1.165) is 18.5 Å². The second-order valence-corrected chi connectivity index (χ2v) is 6.63. The second-order valence-electron chi connectivity index (χ2n) is 6.63. The number of nitrogens with zero attached hydrogens (tertiary/aromatic N) is 4. The van der Waals surface area contributed by atoms with E-state index in [0.29, 0.717) is 25.1 Å². The second kappa shape index (κ2) is 5.43. The van der Waals surface area contributed by atoms with Crippen LogP contribution in [-0.4, -0.2) is 49.7 Å². The zero-order valence-corrected chi connectivity index (χ0v) is 13.1. The van der Waals surface area contributed by atoms with E-state index in [1.54, 1.807) is 34.1 Å². The molecule has 2 heterocycles. The molecular weight excluding hydrogens is 308 g/mol. The number of aliphatic carboxylic acids is 1. The van der Waals surface area contributed by atoms with Crippen LogP contribution >= 0.6 is 0 Å². The molecule has 2 aliphatic rings. The number of carbonyl (C=O) groups excluding carboxylic acids is 1. The standard InChI is InChI=1S/C17H18N4O3/c22-15(12-3-1-5-14(7-12)21-11-18-10-19-21)20-8-13-4-2-6-17(13,9-20)16(23)24/h1,3,5,7,10-11,13H,2,4,6,8-9H2,(H,23,24)/t13-,17+/m0/s1. The van der Waals surface area contributed by atoms with E-state index in [4.69, 9.17) is 0 Å². The van der Waals surface area contributed by atoms with Crippen LogP contribution in [-0.2, 0) is 4.79 Å². The third-order valence-electron chi connectivity index (χ3n) is 5.36. The van der Waals surface area contributed by atoms with Crippen molar-refractivity contribution in [2.75, 3.05) is 13.1 Å². The monoisotopic (exact) mass is 326 g/mol. The van der Waals surface area contributed by atoms with Crippen molar-refractivity contribution in [1.82, 2.24) is 19.7 Å². The van der Waals surface area contributed by atoms with Gasteiger partial charge in [0.25, 0.3) is 5.91 Å². The maximum Gasteiger partial charge on any atom is 0.311 e. The van der Waals surface area contributed by atoms with Crippen molar-refractivity contribution in [2.24, 2.45) is 11.3 Å². The van der Waals surface area contributed by atoms with Gasteiger partial charge in [0.05, 0.1) is 11.1 Å². The molecule has 2 fully saturated rings. The zero-order valence-electron chi connectivity index (χ0n) is 13.1. The predicted molar refractivity (Wildman–Crippen MR) is 84.7 cm³/mol. The number of carboxylic acid groups (broad SMARTS) is 1. The first-order valence-electron chi connectivity index (χ1n) is 8.08. The van der Waals surface area contributed by atoms with Crippen LogP contribution in [0, 0.1) is 11.3 Å². The maximum absolute atomic E-state index is 12.9. The maximum atomic E-state index is 12.9. The van der Waals surface area contributed by atoms with Gasteiger partial charge in [0.1, 0.15) is 12.7 Å². The number of amides is 1. The molecule has 1 saturated carbocycles. The quantitative estimate of drug-likeness (QED) is 0.925. The molecule has 1 saturated heterocycles. The molecule has 1 aliphatic carbocycles. The van der Waals surface area contributed by atoms with Crippen LogP contribution < -0.4 is 0 Å². The Morgan fingerprint density at radius 1 is 1.33 bits per heavy atom. The van der Waals surface area contributed by atoms with Gasteiger partial charge in [0.2, 0.25) is 0 Å².